The van der Waals surface area contributed by atoms with E-state index in [0.29, 0.717) is 13.2 Å². The second kappa shape index (κ2) is 9.18. The summed E-state index contributed by atoms with van der Waals surface area (Å²) < 4.78 is 5.46. The van der Waals surface area contributed by atoms with Crippen LogP contribution in [0.2, 0.25) is 0 Å². The van der Waals surface area contributed by atoms with E-state index in [0.717, 1.165) is 22.5 Å². The normalized spacial score (nSPS) is 12.0. The quantitative estimate of drug-likeness (QED) is 0.782. The molecule has 25 heavy (non-hydrogen) atoms. The first-order valence-corrected chi connectivity index (χ1v) is 8.67. The number of anilines is 1. The van der Waals surface area contributed by atoms with Gasteiger partial charge in [0.15, 0.2) is 0 Å². The van der Waals surface area contributed by atoms with Crippen molar-refractivity contribution in [2.45, 2.75) is 40.3 Å². The topological polar surface area (TPSA) is 63.2 Å². The molecule has 0 saturated heterocycles. The molecule has 1 heterocycles. The minimum absolute atomic E-state index is 0.153. The fourth-order valence-electron chi connectivity index (χ4n) is 2.65. The van der Waals surface area contributed by atoms with E-state index in [9.17, 15) is 4.79 Å². The number of hydrogen-bond donors (Lipinski definition) is 2. The highest BCUT2D eigenvalue weighted by atomic mass is 16.5. The van der Waals surface area contributed by atoms with Crippen molar-refractivity contribution in [3.05, 3.63) is 59.4 Å². The second-order valence-corrected chi connectivity index (χ2v) is 6.32. The molecule has 0 unspecified atom stereocenters. The van der Waals surface area contributed by atoms with Crippen LogP contribution in [0.25, 0.3) is 0 Å². The summed E-state index contributed by atoms with van der Waals surface area (Å²) in [5, 5.41) is 5.99. The Morgan fingerprint density at radius 3 is 2.64 bits per heavy atom. The summed E-state index contributed by atoms with van der Waals surface area (Å²) in [5.41, 5.74) is 3.68. The summed E-state index contributed by atoms with van der Waals surface area (Å²) in [4.78, 5) is 17.0. The molecule has 0 aliphatic heterocycles. The molecule has 0 aliphatic carbocycles. The molecule has 0 spiro atoms. The fourth-order valence-corrected chi connectivity index (χ4v) is 2.65. The van der Waals surface area contributed by atoms with Gasteiger partial charge in [0.1, 0.15) is 0 Å². The molecule has 5 heteroatoms. The number of para-hydroxylation sites is 1. The average Bonchev–Trinajstić information content (AvgIpc) is 2.59. The number of carbonyl (C=O) groups excluding carboxylic acids is 1. The molecule has 2 amide bonds. The minimum Gasteiger partial charge on any atom is -0.377 e. The molecule has 2 N–H and O–H groups in total. The number of nitrogens with zero attached hydrogens (tertiary/aromatic N) is 1. The number of rotatable bonds is 7. The number of carbonyl (C=O) groups is 1. The van der Waals surface area contributed by atoms with Gasteiger partial charge in [-0.05, 0) is 37.5 Å². The highest BCUT2D eigenvalue weighted by Gasteiger charge is 2.21. The van der Waals surface area contributed by atoms with E-state index in [4.69, 9.17) is 4.74 Å². The first-order chi connectivity index (χ1) is 12.0. The summed E-state index contributed by atoms with van der Waals surface area (Å²) in [6, 6.07) is 11.2. The number of aryl methyl sites for hydroxylation is 1. The summed E-state index contributed by atoms with van der Waals surface area (Å²) >= 11 is 0. The van der Waals surface area contributed by atoms with Crippen LogP contribution in [0.15, 0.2) is 42.6 Å². The molecule has 1 aromatic heterocycles. The Bertz CT molecular complexity index is 701. The monoisotopic (exact) mass is 341 g/mol. The number of urea groups is 1. The lowest BCUT2D eigenvalue weighted by Gasteiger charge is -2.24. The Morgan fingerprint density at radius 2 is 1.96 bits per heavy atom. The van der Waals surface area contributed by atoms with Crippen molar-refractivity contribution in [1.82, 2.24) is 10.3 Å². The standard InChI is InChI=1S/C20H27N3O2/c1-5-25-13-16-10-6-7-11-17(16)22-20(24)23-18(14(2)3)19-15(4)9-8-12-21-19/h6-12,14,18H,5,13H2,1-4H3,(H2,22,23,24)/t18-/m0/s1. The lowest BCUT2D eigenvalue weighted by Crippen LogP contribution is -2.36. The van der Waals surface area contributed by atoms with Gasteiger partial charge in [-0.3, -0.25) is 4.98 Å². The van der Waals surface area contributed by atoms with Crippen molar-refractivity contribution < 1.29 is 9.53 Å². The first kappa shape index (κ1) is 18.9. The zero-order chi connectivity index (χ0) is 18.2. The second-order valence-electron chi connectivity index (χ2n) is 6.32. The summed E-state index contributed by atoms with van der Waals surface area (Å²) in [6.07, 6.45) is 1.76. The van der Waals surface area contributed by atoms with Crippen LogP contribution in [-0.4, -0.2) is 17.6 Å². The van der Waals surface area contributed by atoms with Gasteiger partial charge in [0.2, 0.25) is 0 Å². The third-order valence-corrected chi connectivity index (χ3v) is 4.03. The molecule has 2 rings (SSSR count). The van der Waals surface area contributed by atoms with Gasteiger partial charge >= 0.3 is 6.03 Å². The van der Waals surface area contributed by atoms with Crippen LogP contribution in [0, 0.1) is 12.8 Å². The van der Waals surface area contributed by atoms with E-state index in [1.807, 2.05) is 50.2 Å². The van der Waals surface area contributed by atoms with E-state index >= 15 is 0 Å². The number of nitrogens with one attached hydrogen (secondary N) is 2. The van der Waals surface area contributed by atoms with Crippen LogP contribution >= 0.6 is 0 Å². The predicted molar refractivity (Wildman–Crippen MR) is 100 cm³/mol. The molecule has 0 fully saturated rings. The van der Waals surface area contributed by atoms with Crippen LogP contribution in [0.5, 0.6) is 0 Å². The molecule has 1 aromatic carbocycles. The first-order valence-electron chi connectivity index (χ1n) is 8.67. The molecule has 0 radical (unpaired) electrons. The fraction of sp³-hybridized carbons (Fsp3) is 0.400. The Hall–Kier alpha value is -2.40. The third kappa shape index (κ3) is 5.29. The molecule has 2 aromatic rings. The van der Waals surface area contributed by atoms with Gasteiger partial charge in [-0.2, -0.15) is 0 Å². The average molecular weight is 341 g/mol. The summed E-state index contributed by atoms with van der Waals surface area (Å²) in [7, 11) is 0. The number of pyridine rings is 1. The number of hydrogen-bond acceptors (Lipinski definition) is 3. The van der Waals surface area contributed by atoms with Gasteiger partial charge in [0.05, 0.1) is 18.3 Å². The highest BCUT2D eigenvalue weighted by molar-refractivity contribution is 5.90. The maximum atomic E-state index is 12.5. The smallest absolute Gasteiger partial charge is 0.319 e. The number of amides is 2. The van der Waals surface area contributed by atoms with Gasteiger partial charge in [-0.25, -0.2) is 4.79 Å². The van der Waals surface area contributed by atoms with Crippen molar-refractivity contribution in [2.24, 2.45) is 5.92 Å². The van der Waals surface area contributed by atoms with Crippen molar-refractivity contribution in [3.63, 3.8) is 0 Å². The Labute approximate surface area is 149 Å². The number of ether oxygens (including phenoxy) is 1. The van der Waals surface area contributed by atoms with Gasteiger partial charge < -0.3 is 15.4 Å². The number of benzene rings is 1. The largest absolute Gasteiger partial charge is 0.377 e. The van der Waals surface area contributed by atoms with Gasteiger partial charge in [0.25, 0.3) is 0 Å². The molecule has 0 saturated carbocycles. The Kier molecular flexibility index (Phi) is 6.95. The molecule has 0 bridgehead atoms. The zero-order valence-corrected chi connectivity index (χ0v) is 15.4. The van der Waals surface area contributed by atoms with E-state index in [1.165, 1.54) is 0 Å². The SMILES string of the molecule is CCOCc1ccccc1NC(=O)N[C@H](c1ncccc1C)C(C)C. The van der Waals surface area contributed by atoms with Crippen molar-refractivity contribution >= 4 is 11.7 Å². The Morgan fingerprint density at radius 1 is 1.20 bits per heavy atom. The Balaban J connectivity index is 2.11. The van der Waals surface area contributed by atoms with Crippen LogP contribution in [0.3, 0.4) is 0 Å². The van der Waals surface area contributed by atoms with Gasteiger partial charge in [-0.1, -0.05) is 38.1 Å². The lowest BCUT2D eigenvalue weighted by molar-refractivity contribution is 0.134. The van der Waals surface area contributed by atoms with Crippen LogP contribution in [0.1, 0.15) is 43.6 Å². The third-order valence-electron chi connectivity index (χ3n) is 4.03. The molecule has 0 aliphatic rings. The zero-order valence-electron chi connectivity index (χ0n) is 15.4. The van der Waals surface area contributed by atoms with E-state index in [1.54, 1.807) is 6.20 Å². The van der Waals surface area contributed by atoms with Crippen LogP contribution in [0.4, 0.5) is 10.5 Å². The predicted octanol–water partition coefficient (Wildman–Crippen LogP) is 4.45. The maximum Gasteiger partial charge on any atom is 0.319 e. The van der Waals surface area contributed by atoms with Crippen LogP contribution < -0.4 is 10.6 Å². The van der Waals surface area contributed by atoms with Gasteiger partial charge in [0, 0.05) is 24.1 Å². The molecular weight excluding hydrogens is 314 g/mol. The van der Waals surface area contributed by atoms with Crippen molar-refractivity contribution in [2.75, 3.05) is 11.9 Å². The van der Waals surface area contributed by atoms with Gasteiger partial charge in [-0.15, -0.1) is 0 Å². The summed E-state index contributed by atoms with van der Waals surface area (Å²) in [5.74, 6) is 0.220. The molecular formula is C20H27N3O2. The molecule has 1 atom stereocenters. The minimum atomic E-state index is -0.243. The van der Waals surface area contributed by atoms with E-state index < -0.39 is 0 Å². The van der Waals surface area contributed by atoms with E-state index in [-0.39, 0.29) is 18.0 Å². The highest BCUT2D eigenvalue weighted by Crippen LogP contribution is 2.23. The number of aromatic nitrogens is 1. The lowest BCUT2D eigenvalue weighted by atomic mass is 9.97. The summed E-state index contributed by atoms with van der Waals surface area (Å²) in [6.45, 7) is 9.21. The van der Waals surface area contributed by atoms with Crippen molar-refractivity contribution in [3.8, 4) is 0 Å². The molecule has 134 valence electrons. The van der Waals surface area contributed by atoms with Crippen LogP contribution in [-0.2, 0) is 11.3 Å². The maximum absolute atomic E-state index is 12.5. The van der Waals surface area contributed by atoms with E-state index in [2.05, 4.69) is 29.5 Å². The molecule has 5 nitrogen and oxygen atoms in total. The van der Waals surface area contributed by atoms with Crippen molar-refractivity contribution in [1.29, 1.82) is 0 Å².